The third kappa shape index (κ3) is 6.14. The topological polar surface area (TPSA) is 71.3 Å². The zero-order valence-electron chi connectivity index (χ0n) is 18.2. The van der Waals surface area contributed by atoms with Crippen LogP contribution in [0.5, 0.6) is 0 Å². The highest BCUT2D eigenvalue weighted by molar-refractivity contribution is 7.98. The second kappa shape index (κ2) is 10.7. The summed E-state index contributed by atoms with van der Waals surface area (Å²) in [7, 11) is 0. The van der Waals surface area contributed by atoms with E-state index in [4.69, 9.17) is 4.42 Å². The monoisotopic (exact) mass is 456 g/mol. The summed E-state index contributed by atoms with van der Waals surface area (Å²) < 4.78 is 5.24. The van der Waals surface area contributed by atoms with Crippen LogP contribution in [0.2, 0.25) is 0 Å². The molecule has 0 aliphatic rings. The van der Waals surface area contributed by atoms with Crippen molar-refractivity contribution in [1.29, 1.82) is 0 Å². The van der Waals surface area contributed by atoms with Gasteiger partial charge in [-0.15, -0.1) is 11.8 Å². The van der Waals surface area contributed by atoms with Crippen LogP contribution in [0.4, 0.5) is 5.69 Å². The highest BCUT2D eigenvalue weighted by atomic mass is 32.2. The van der Waals surface area contributed by atoms with Gasteiger partial charge in [0.05, 0.1) is 24.1 Å². The van der Waals surface area contributed by atoms with Crippen molar-refractivity contribution in [2.75, 3.05) is 5.32 Å². The molecule has 1 heterocycles. The van der Waals surface area contributed by atoms with Crippen LogP contribution in [0.1, 0.15) is 37.6 Å². The second-order valence-electron chi connectivity index (χ2n) is 7.56. The number of benzene rings is 3. The minimum Gasteiger partial charge on any atom is -0.467 e. The van der Waals surface area contributed by atoms with Gasteiger partial charge >= 0.3 is 0 Å². The van der Waals surface area contributed by atoms with Crippen molar-refractivity contribution < 1.29 is 14.0 Å². The Balaban J connectivity index is 1.36. The van der Waals surface area contributed by atoms with E-state index in [9.17, 15) is 9.59 Å². The molecule has 6 heteroatoms. The van der Waals surface area contributed by atoms with E-state index in [-0.39, 0.29) is 18.4 Å². The average molecular weight is 457 g/mol. The Bertz CT molecular complexity index is 1220. The molecule has 4 rings (SSSR count). The van der Waals surface area contributed by atoms with E-state index in [1.165, 1.54) is 10.5 Å². The third-order valence-corrected chi connectivity index (χ3v) is 6.15. The van der Waals surface area contributed by atoms with Crippen molar-refractivity contribution in [1.82, 2.24) is 5.32 Å². The molecule has 4 aromatic rings. The van der Waals surface area contributed by atoms with Crippen molar-refractivity contribution in [2.45, 2.75) is 24.1 Å². The van der Waals surface area contributed by atoms with Crippen molar-refractivity contribution in [3.63, 3.8) is 0 Å². The Morgan fingerprint density at radius 3 is 2.33 bits per heavy atom. The SMILES string of the molecule is Cc1ccc(SCc2ccc(C(=O)Nc3ccccc3C(=O)NCc3ccco3)cc2)cc1. The smallest absolute Gasteiger partial charge is 0.255 e. The van der Waals surface area contributed by atoms with E-state index in [0.29, 0.717) is 22.6 Å². The lowest BCUT2D eigenvalue weighted by molar-refractivity contribution is 0.0949. The van der Waals surface area contributed by atoms with Gasteiger partial charge in [0.1, 0.15) is 5.76 Å². The van der Waals surface area contributed by atoms with E-state index in [2.05, 4.69) is 41.8 Å². The van der Waals surface area contributed by atoms with Gasteiger partial charge in [-0.1, -0.05) is 42.0 Å². The average Bonchev–Trinajstić information content (AvgIpc) is 3.37. The Hall–Kier alpha value is -3.77. The summed E-state index contributed by atoms with van der Waals surface area (Å²) in [5.41, 5.74) is 3.76. The highest BCUT2D eigenvalue weighted by Crippen LogP contribution is 2.23. The first kappa shape index (κ1) is 22.4. The molecular weight excluding hydrogens is 432 g/mol. The van der Waals surface area contributed by atoms with Crippen LogP contribution < -0.4 is 10.6 Å². The predicted octanol–water partition coefficient (Wildman–Crippen LogP) is 6.06. The summed E-state index contributed by atoms with van der Waals surface area (Å²) in [5, 5.41) is 5.66. The number of nitrogens with one attached hydrogen (secondary N) is 2. The summed E-state index contributed by atoms with van der Waals surface area (Å²) in [6.07, 6.45) is 1.56. The first-order chi connectivity index (χ1) is 16.1. The van der Waals surface area contributed by atoms with Crippen LogP contribution in [0.25, 0.3) is 0 Å². The molecule has 0 spiro atoms. The van der Waals surface area contributed by atoms with Gasteiger partial charge in [-0.2, -0.15) is 0 Å². The number of carbonyl (C=O) groups is 2. The van der Waals surface area contributed by atoms with Gasteiger partial charge in [0.15, 0.2) is 0 Å². The summed E-state index contributed by atoms with van der Waals surface area (Å²) >= 11 is 1.76. The summed E-state index contributed by atoms with van der Waals surface area (Å²) in [6.45, 7) is 2.35. The molecule has 33 heavy (non-hydrogen) atoms. The van der Waals surface area contributed by atoms with Gasteiger partial charge in [0.2, 0.25) is 0 Å². The van der Waals surface area contributed by atoms with Crippen molar-refractivity contribution in [2.24, 2.45) is 0 Å². The molecule has 0 unspecified atom stereocenters. The zero-order valence-corrected chi connectivity index (χ0v) is 19.0. The minimum atomic E-state index is -0.286. The fourth-order valence-corrected chi connectivity index (χ4v) is 4.07. The lowest BCUT2D eigenvalue weighted by Crippen LogP contribution is -2.24. The first-order valence-corrected chi connectivity index (χ1v) is 11.6. The molecule has 0 saturated carbocycles. The van der Waals surface area contributed by atoms with Gasteiger partial charge in [-0.05, 0) is 61.0 Å². The lowest BCUT2D eigenvalue weighted by atomic mass is 10.1. The van der Waals surface area contributed by atoms with E-state index in [0.717, 1.165) is 11.3 Å². The Kier molecular flexibility index (Phi) is 7.27. The summed E-state index contributed by atoms with van der Waals surface area (Å²) in [4.78, 5) is 26.6. The van der Waals surface area contributed by atoms with Crippen molar-refractivity contribution >= 4 is 29.3 Å². The number of thioether (sulfide) groups is 1. The molecule has 0 aliphatic heterocycles. The van der Waals surface area contributed by atoms with Crippen LogP contribution in [-0.4, -0.2) is 11.8 Å². The number of furan rings is 1. The molecule has 0 saturated heterocycles. The molecule has 3 aromatic carbocycles. The van der Waals surface area contributed by atoms with Gasteiger partial charge in [0.25, 0.3) is 11.8 Å². The number of anilines is 1. The number of rotatable bonds is 8. The maximum Gasteiger partial charge on any atom is 0.255 e. The molecule has 0 fully saturated rings. The maximum absolute atomic E-state index is 12.8. The lowest BCUT2D eigenvalue weighted by Gasteiger charge is -2.11. The van der Waals surface area contributed by atoms with E-state index in [1.807, 2.05) is 12.1 Å². The molecule has 0 atom stereocenters. The number of aryl methyl sites for hydroxylation is 1. The Morgan fingerprint density at radius 2 is 1.61 bits per heavy atom. The second-order valence-corrected chi connectivity index (χ2v) is 8.61. The molecule has 166 valence electrons. The summed E-state index contributed by atoms with van der Waals surface area (Å²) in [6, 6.07) is 26.5. The molecule has 0 aliphatic carbocycles. The fraction of sp³-hybridized carbons (Fsp3) is 0.111. The molecular formula is C27H24N2O3S. The van der Waals surface area contributed by atoms with E-state index >= 15 is 0 Å². The molecule has 1 aromatic heterocycles. The number of carbonyl (C=O) groups excluding carboxylic acids is 2. The van der Waals surface area contributed by atoms with Crippen LogP contribution in [0.3, 0.4) is 0 Å². The largest absolute Gasteiger partial charge is 0.467 e. The van der Waals surface area contributed by atoms with Crippen LogP contribution in [0.15, 0.2) is 101 Å². The van der Waals surface area contributed by atoms with Crippen molar-refractivity contribution in [3.05, 3.63) is 119 Å². The minimum absolute atomic E-state index is 0.265. The van der Waals surface area contributed by atoms with E-state index < -0.39 is 0 Å². The summed E-state index contributed by atoms with van der Waals surface area (Å²) in [5.74, 6) is 0.930. The van der Waals surface area contributed by atoms with Crippen LogP contribution in [-0.2, 0) is 12.3 Å². The van der Waals surface area contributed by atoms with Gasteiger partial charge in [-0.25, -0.2) is 0 Å². The number of amides is 2. The van der Waals surface area contributed by atoms with Crippen LogP contribution >= 0.6 is 11.8 Å². The Morgan fingerprint density at radius 1 is 0.848 bits per heavy atom. The van der Waals surface area contributed by atoms with Gasteiger partial charge in [0, 0.05) is 16.2 Å². The molecule has 2 N–H and O–H groups in total. The molecule has 5 nitrogen and oxygen atoms in total. The first-order valence-electron chi connectivity index (χ1n) is 10.6. The normalized spacial score (nSPS) is 10.6. The highest BCUT2D eigenvalue weighted by Gasteiger charge is 2.14. The number of hydrogen-bond donors (Lipinski definition) is 2. The quantitative estimate of drug-likeness (QED) is 0.316. The fourth-order valence-electron chi connectivity index (χ4n) is 3.21. The van der Waals surface area contributed by atoms with Crippen molar-refractivity contribution in [3.8, 4) is 0 Å². The predicted molar refractivity (Wildman–Crippen MR) is 131 cm³/mol. The number of para-hydroxylation sites is 1. The Labute approximate surface area is 197 Å². The molecule has 0 radical (unpaired) electrons. The molecule has 2 amide bonds. The number of hydrogen-bond acceptors (Lipinski definition) is 4. The molecule has 0 bridgehead atoms. The maximum atomic E-state index is 12.8. The third-order valence-electron chi connectivity index (χ3n) is 5.07. The van der Waals surface area contributed by atoms with Gasteiger partial charge < -0.3 is 15.1 Å². The van der Waals surface area contributed by atoms with Crippen LogP contribution in [0, 0.1) is 6.92 Å². The zero-order chi connectivity index (χ0) is 23.0. The van der Waals surface area contributed by atoms with Gasteiger partial charge in [-0.3, -0.25) is 9.59 Å². The van der Waals surface area contributed by atoms with E-state index in [1.54, 1.807) is 66.6 Å². The standard InChI is InChI=1S/C27H24N2O3S/c1-19-8-14-23(15-9-19)33-18-20-10-12-21(13-11-20)26(30)29-25-7-3-2-6-24(25)27(31)28-17-22-5-4-16-32-22/h2-16H,17-18H2,1H3,(H,28,31)(H,29,30).